The first-order valence-electron chi connectivity index (χ1n) is 8.81. The third-order valence-electron chi connectivity index (χ3n) is 5.06. The third-order valence-corrected chi connectivity index (χ3v) is 5.06. The molecule has 0 radical (unpaired) electrons. The van der Waals surface area contributed by atoms with Crippen molar-refractivity contribution < 1.29 is 4.79 Å². The number of hydrogen-bond donors (Lipinski definition) is 0. The highest BCUT2D eigenvalue weighted by Gasteiger charge is 2.29. The molecule has 130 valence electrons. The average molecular weight is 338 g/mol. The Morgan fingerprint density at radius 2 is 1.92 bits per heavy atom. The van der Waals surface area contributed by atoms with Gasteiger partial charge in [0.1, 0.15) is 5.56 Å². The first kappa shape index (κ1) is 15.9. The number of pyridine rings is 2. The summed E-state index contributed by atoms with van der Waals surface area (Å²) in [5, 5.41) is 0. The minimum atomic E-state index is -0.137. The molecule has 0 N–H and O–H groups in total. The van der Waals surface area contributed by atoms with Gasteiger partial charge in [0.15, 0.2) is 0 Å². The number of aryl methyl sites for hydroxylation is 1. The fourth-order valence-corrected chi connectivity index (χ4v) is 3.41. The van der Waals surface area contributed by atoms with Crippen LogP contribution in [0.25, 0.3) is 0 Å². The largest absolute Gasteiger partial charge is 0.367 e. The fourth-order valence-electron chi connectivity index (χ4n) is 3.41. The molecule has 6 heteroatoms. The highest BCUT2D eigenvalue weighted by molar-refractivity contribution is 5.95. The van der Waals surface area contributed by atoms with Gasteiger partial charge in [-0.3, -0.25) is 14.6 Å². The first-order valence-corrected chi connectivity index (χ1v) is 8.81. The van der Waals surface area contributed by atoms with Crippen LogP contribution in [-0.2, 0) is 0 Å². The van der Waals surface area contributed by atoms with Gasteiger partial charge in [-0.25, -0.2) is 0 Å². The van der Waals surface area contributed by atoms with Crippen LogP contribution in [-0.4, -0.2) is 46.5 Å². The standard InChI is InChI=1S/C19H22N4O2/c1-14-6-8-23(15-4-5-15)19(25)17(14)18(24)22-11-9-21(10-12-22)16-3-2-7-20-13-16/h2-3,6-8,13,15H,4-5,9-12H2,1H3. The smallest absolute Gasteiger partial charge is 0.263 e. The molecular formula is C19H22N4O2. The number of nitrogens with zero attached hydrogens (tertiary/aromatic N) is 4. The maximum atomic E-state index is 13.0. The molecule has 3 heterocycles. The molecular weight excluding hydrogens is 316 g/mol. The van der Waals surface area contributed by atoms with E-state index in [2.05, 4.69) is 9.88 Å². The summed E-state index contributed by atoms with van der Waals surface area (Å²) in [6.45, 7) is 4.58. The number of amides is 1. The number of carbonyl (C=O) groups is 1. The van der Waals surface area contributed by atoms with Gasteiger partial charge in [0.25, 0.3) is 11.5 Å². The number of carbonyl (C=O) groups excluding carboxylic acids is 1. The Bertz CT molecular complexity index is 834. The summed E-state index contributed by atoms with van der Waals surface area (Å²) in [6.07, 6.45) is 7.48. The van der Waals surface area contributed by atoms with Gasteiger partial charge in [-0.1, -0.05) is 0 Å². The summed E-state index contributed by atoms with van der Waals surface area (Å²) in [7, 11) is 0. The molecule has 1 amide bonds. The van der Waals surface area contributed by atoms with Crippen molar-refractivity contribution in [2.75, 3.05) is 31.1 Å². The van der Waals surface area contributed by atoms with E-state index < -0.39 is 0 Å². The van der Waals surface area contributed by atoms with E-state index in [4.69, 9.17) is 0 Å². The van der Waals surface area contributed by atoms with Crippen LogP contribution >= 0.6 is 0 Å². The van der Waals surface area contributed by atoms with Crippen LogP contribution in [0.4, 0.5) is 5.69 Å². The number of anilines is 1. The highest BCUT2D eigenvalue weighted by atomic mass is 16.2. The molecule has 1 saturated carbocycles. The summed E-state index contributed by atoms with van der Waals surface area (Å²) in [5.41, 5.74) is 2.04. The minimum Gasteiger partial charge on any atom is -0.367 e. The average Bonchev–Trinajstić information content (AvgIpc) is 3.47. The second kappa shape index (κ2) is 6.35. The summed E-state index contributed by atoms with van der Waals surface area (Å²) in [6, 6.07) is 6.11. The van der Waals surface area contributed by atoms with Gasteiger partial charge in [0.2, 0.25) is 0 Å². The molecule has 6 nitrogen and oxygen atoms in total. The topological polar surface area (TPSA) is 58.4 Å². The van der Waals surface area contributed by atoms with E-state index in [1.54, 1.807) is 15.7 Å². The zero-order valence-electron chi connectivity index (χ0n) is 14.4. The summed E-state index contributed by atoms with van der Waals surface area (Å²) >= 11 is 0. The van der Waals surface area contributed by atoms with Gasteiger partial charge >= 0.3 is 0 Å². The Labute approximate surface area is 146 Å². The molecule has 2 aromatic heterocycles. The molecule has 1 aliphatic carbocycles. The third kappa shape index (κ3) is 3.04. The maximum Gasteiger partial charge on any atom is 0.263 e. The van der Waals surface area contributed by atoms with Crippen molar-refractivity contribution in [3.05, 3.63) is 58.3 Å². The molecule has 0 spiro atoms. The molecule has 0 aromatic carbocycles. The number of rotatable bonds is 3. The number of hydrogen-bond acceptors (Lipinski definition) is 4. The molecule has 1 aliphatic heterocycles. The number of piperazine rings is 1. The van der Waals surface area contributed by atoms with E-state index in [1.807, 2.05) is 37.5 Å². The second-order valence-corrected chi connectivity index (χ2v) is 6.81. The molecule has 2 aliphatic rings. The molecule has 25 heavy (non-hydrogen) atoms. The molecule has 0 atom stereocenters. The van der Waals surface area contributed by atoms with Crippen LogP contribution in [0.1, 0.15) is 34.8 Å². The normalized spacial score (nSPS) is 17.6. The quantitative estimate of drug-likeness (QED) is 0.857. The van der Waals surface area contributed by atoms with Crippen LogP contribution in [0.5, 0.6) is 0 Å². The minimum absolute atomic E-state index is 0.136. The lowest BCUT2D eigenvalue weighted by atomic mass is 10.1. The molecule has 4 rings (SSSR count). The van der Waals surface area contributed by atoms with Crippen LogP contribution in [0.3, 0.4) is 0 Å². The van der Waals surface area contributed by atoms with E-state index >= 15 is 0 Å². The Kier molecular flexibility index (Phi) is 4.03. The predicted molar refractivity (Wildman–Crippen MR) is 96.1 cm³/mol. The van der Waals surface area contributed by atoms with Crippen LogP contribution in [0.2, 0.25) is 0 Å². The van der Waals surface area contributed by atoms with Gasteiger partial charge in [-0.05, 0) is 43.5 Å². The van der Waals surface area contributed by atoms with Crippen molar-refractivity contribution >= 4 is 11.6 Å². The van der Waals surface area contributed by atoms with E-state index in [0.29, 0.717) is 18.7 Å². The van der Waals surface area contributed by atoms with E-state index in [1.165, 1.54) is 0 Å². The highest BCUT2D eigenvalue weighted by Crippen LogP contribution is 2.33. The van der Waals surface area contributed by atoms with Crippen LogP contribution in [0, 0.1) is 6.92 Å². The van der Waals surface area contributed by atoms with Crippen LogP contribution < -0.4 is 10.5 Å². The first-order chi connectivity index (χ1) is 12.1. The van der Waals surface area contributed by atoms with Gasteiger partial charge in [-0.15, -0.1) is 0 Å². The lowest BCUT2D eigenvalue weighted by Gasteiger charge is -2.36. The Hall–Kier alpha value is -2.63. The molecule has 0 unspecified atom stereocenters. The molecule has 0 bridgehead atoms. The molecule has 2 fully saturated rings. The van der Waals surface area contributed by atoms with Crippen molar-refractivity contribution in [3.63, 3.8) is 0 Å². The SMILES string of the molecule is Cc1ccn(C2CC2)c(=O)c1C(=O)N1CCN(c2cccnc2)CC1. The predicted octanol–water partition coefficient (Wildman–Crippen LogP) is 1.85. The fraction of sp³-hybridized carbons (Fsp3) is 0.421. The number of aromatic nitrogens is 2. The van der Waals surface area contributed by atoms with Gasteiger partial charge < -0.3 is 14.4 Å². The van der Waals surface area contributed by atoms with Crippen molar-refractivity contribution in [1.29, 1.82) is 0 Å². The van der Waals surface area contributed by atoms with Crippen molar-refractivity contribution in [2.45, 2.75) is 25.8 Å². The summed E-state index contributed by atoms with van der Waals surface area (Å²) < 4.78 is 1.73. The Morgan fingerprint density at radius 3 is 2.56 bits per heavy atom. The van der Waals surface area contributed by atoms with Crippen molar-refractivity contribution in [2.24, 2.45) is 0 Å². The lowest BCUT2D eigenvalue weighted by molar-refractivity contribution is 0.0743. The van der Waals surface area contributed by atoms with Gasteiger partial charge in [0.05, 0.1) is 11.9 Å². The summed E-state index contributed by atoms with van der Waals surface area (Å²) in [4.78, 5) is 33.9. The van der Waals surface area contributed by atoms with E-state index in [9.17, 15) is 9.59 Å². The monoisotopic (exact) mass is 338 g/mol. The van der Waals surface area contributed by atoms with Crippen molar-refractivity contribution in [1.82, 2.24) is 14.5 Å². The maximum absolute atomic E-state index is 13.0. The van der Waals surface area contributed by atoms with Gasteiger partial charge in [-0.2, -0.15) is 0 Å². The zero-order valence-corrected chi connectivity index (χ0v) is 14.4. The molecule has 2 aromatic rings. The van der Waals surface area contributed by atoms with E-state index in [0.717, 1.165) is 37.2 Å². The van der Waals surface area contributed by atoms with Gasteiger partial charge in [0, 0.05) is 44.6 Å². The van der Waals surface area contributed by atoms with E-state index in [-0.39, 0.29) is 17.5 Å². The Morgan fingerprint density at radius 1 is 1.16 bits per heavy atom. The molecule has 1 saturated heterocycles. The van der Waals surface area contributed by atoms with Crippen LogP contribution in [0.15, 0.2) is 41.6 Å². The zero-order chi connectivity index (χ0) is 17.4. The summed E-state index contributed by atoms with van der Waals surface area (Å²) in [5.74, 6) is -0.136. The van der Waals surface area contributed by atoms with Crippen molar-refractivity contribution in [3.8, 4) is 0 Å². The Balaban J connectivity index is 1.51. The lowest BCUT2D eigenvalue weighted by Crippen LogP contribution is -2.50. The second-order valence-electron chi connectivity index (χ2n) is 6.81.